The highest BCUT2D eigenvalue weighted by Crippen LogP contribution is 2.32. The van der Waals surface area contributed by atoms with Gasteiger partial charge in [-0.1, -0.05) is 12.2 Å². The van der Waals surface area contributed by atoms with Crippen molar-refractivity contribution in [3.05, 3.63) is 12.2 Å². The van der Waals surface area contributed by atoms with E-state index in [0.29, 0.717) is 12.0 Å². The quantitative estimate of drug-likeness (QED) is 0.520. The fourth-order valence-electron chi connectivity index (χ4n) is 2.18. The van der Waals surface area contributed by atoms with Crippen molar-refractivity contribution in [3.63, 3.8) is 0 Å². The van der Waals surface area contributed by atoms with Crippen molar-refractivity contribution in [1.82, 2.24) is 5.01 Å². The van der Waals surface area contributed by atoms with E-state index in [1.807, 2.05) is 0 Å². The van der Waals surface area contributed by atoms with E-state index in [1.54, 1.807) is 0 Å². The first-order valence-electron chi connectivity index (χ1n) is 5.09. The molecule has 2 heteroatoms. The molecule has 2 nitrogen and oxygen atoms in total. The average Bonchev–Trinajstić information content (AvgIpc) is 2.45. The van der Waals surface area contributed by atoms with Crippen LogP contribution in [0.4, 0.5) is 0 Å². The lowest BCUT2D eigenvalue weighted by molar-refractivity contribution is 0.0867. The smallest absolute Gasteiger partial charge is 0.0592 e. The van der Waals surface area contributed by atoms with Gasteiger partial charge in [-0.05, 0) is 33.6 Å². The molecule has 0 amide bonds. The van der Waals surface area contributed by atoms with E-state index in [9.17, 15) is 0 Å². The Morgan fingerprint density at radius 1 is 1.38 bits per heavy atom. The fourth-order valence-corrected chi connectivity index (χ4v) is 2.18. The number of fused-ring (bicyclic) bond motifs is 1. The zero-order valence-corrected chi connectivity index (χ0v) is 8.70. The van der Waals surface area contributed by atoms with Gasteiger partial charge in [-0.3, -0.25) is 5.01 Å². The second-order valence-corrected chi connectivity index (χ2v) is 4.93. The monoisotopic (exact) mass is 178 g/mol. The number of rotatable bonds is 0. The lowest BCUT2D eigenvalue weighted by Gasteiger charge is -2.38. The third-order valence-electron chi connectivity index (χ3n) is 2.80. The number of hydrogen-bond donors (Lipinski definition) is 0. The van der Waals surface area contributed by atoms with Crippen LogP contribution in [0.15, 0.2) is 17.3 Å². The van der Waals surface area contributed by atoms with Gasteiger partial charge >= 0.3 is 0 Å². The number of nitrogens with zero attached hydrogens (tertiary/aromatic N) is 2. The zero-order valence-electron chi connectivity index (χ0n) is 8.70. The van der Waals surface area contributed by atoms with Crippen molar-refractivity contribution in [1.29, 1.82) is 0 Å². The van der Waals surface area contributed by atoms with Crippen molar-refractivity contribution in [3.8, 4) is 0 Å². The summed E-state index contributed by atoms with van der Waals surface area (Å²) in [6.45, 7) is 6.68. The van der Waals surface area contributed by atoms with Crippen molar-refractivity contribution in [2.75, 3.05) is 0 Å². The summed E-state index contributed by atoms with van der Waals surface area (Å²) in [7, 11) is 0. The summed E-state index contributed by atoms with van der Waals surface area (Å²) < 4.78 is 0. The largest absolute Gasteiger partial charge is 0.288 e. The first kappa shape index (κ1) is 8.79. The van der Waals surface area contributed by atoms with Gasteiger partial charge in [-0.2, -0.15) is 5.10 Å². The summed E-state index contributed by atoms with van der Waals surface area (Å²) in [4.78, 5) is 0. The standard InChI is InChI=1S/C11H18N2/c1-11(2,3)13-10-7-5-4-6-9(10)8-12-13/h4,6,8-10H,5,7H2,1-3H3/t9-,10-/m1/s1. The Balaban J connectivity index is 2.18. The number of hydrazone groups is 1. The molecule has 0 N–H and O–H groups in total. The Morgan fingerprint density at radius 3 is 2.85 bits per heavy atom. The lowest BCUT2D eigenvalue weighted by Crippen LogP contribution is -2.44. The minimum absolute atomic E-state index is 0.168. The highest BCUT2D eigenvalue weighted by atomic mass is 15.5. The minimum Gasteiger partial charge on any atom is -0.288 e. The molecular weight excluding hydrogens is 160 g/mol. The van der Waals surface area contributed by atoms with Crippen LogP contribution in [0, 0.1) is 5.92 Å². The highest BCUT2D eigenvalue weighted by Gasteiger charge is 2.36. The van der Waals surface area contributed by atoms with E-state index in [-0.39, 0.29) is 5.54 Å². The van der Waals surface area contributed by atoms with Crippen LogP contribution in [0.2, 0.25) is 0 Å². The maximum Gasteiger partial charge on any atom is 0.0592 e. The molecule has 2 aliphatic rings. The molecule has 1 aliphatic carbocycles. The van der Waals surface area contributed by atoms with E-state index in [0.717, 1.165) is 0 Å². The second kappa shape index (κ2) is 2.86. The Kier molecular flexibility index (Phi) is 1.94. The van der Waals surface area contributed by atoms with E-state index in [2.05, 4.69) is 49.2 Å². The van der Waals surface area contributed by atoms with Crippen LogP contribution in [0.1, 0.15) is 33.6 Å². The Morgan fingerprint density at radius 2 is 2.15 bits per heavy atom. The Hall–Kier alpha value is -0.790. The van der Waals surface area contributed by atoms with E-state index in [4.69, 9.17) is 0 Å². The molecule has 1 heterocycles. The number of hydrogen-bond acceptors (Lipinski definition) is 2. The molecule has 0 radical (unpaired) electrons. The van der Waals surface area contributed by atoms with Crippen LogP contribution < -0.4 is 0 Å². The Labute approximate surface area is 80.3 Å². The predicted octanol–water partition coefficient (Wildman–Crippen LogP) is 2.42. The SMILES string of the molecule is CC(C)(C)N1N=C[C@H]2C=CCC[C@H]21. The first-order chi connectivity index (χ1) is 6.09. The van der Waals surface area contributed by atoms with Gasteiger partial charge in [0, 0.05) is 17.7 Å². The van der Waals surface area contributed by atoms with Crippen LogP contribution in [0.25, 0.3) is 0 Å². The molecule has 0 aromatic heterocycles. The van der Waals surface area contributed by atoms with Crippen LogP contribution >= 0.6 is 0 Å². The van der Waals surface area contributed by atoms with Crippen LogP contribution in [0.3, 0.4) is 0 Å². The van der Waals surface area contributed by atoms with Gasteiger partial charge in [-0.25, -0.2) is 0 Å². The van der Waals surface area contributed by atoms with E-state index in [1.165, 1.54) is 12.8 Å². The normalized spacial score (nSPS) is 32.4. The molecule has 1 aliphatic heterocycles. The molecule has 2 atom stereocenters. The molecular formula is C11H18N2. The third kappa shape index (κ3) is 1.50. The zero-order chi connectivity index (χ0) is 9.47. The molecule has 0 saturated carbocycles. The van der Waals surface area contributed by atoms with Crippen LogP contribution in [-0.4, -0.2) is 22.8 Å². The Bertz CT molecular complexity index is 247. The summed E-state index contributed by atoms with van der Waals surface area (Å²) >= 11 is 0. The summed E-state index contributed by atoms with van der Waals surface area (Å²) in [5, 5.41) is 6.77. The number of allylic oxidation sites excluding steroid dienone is 1. The second-order valence-electron chi connectivity index (χ2n) is 4.93. The van der Waals surface area contributed by atoms with Gasteiger partial charge in [0.15, 0.2) is 0 Å². The van der Waals surface area contributed by atoms with E-state index < -0.39 is 0 Å². The van der Waals surface area contributed by atoms with Crippen molar-refractivity contribution in [2.45, 2.75) is 45.2 Å². The van der Waals surface area contributed by atoms with Crippen LogP contribution in [0.5, 0.6) is 0 Å². The summed E-state index contributed by atoms with van der Waals surface area (Å²) in [6.07, 6.45) is 9.11. The summed E-state index contributed by atoms with van der Waals surface area (Å²) in [5.74, 6) is 0.563. The molecule has 0 aromatic rings. The van der Waals surface area contributed by atoms with E-state index >= 15 is 0 Å². The molecule has 0 spiro atoms. The molecule has 0 fully saturated rings. The van der Waals surface area contributed by atoms with Gasteiger partial charge in [-0.15, -0.1) is 0 Å². The van der Waals surface area contributed by atoms with Gasteiger partial charge < -0.3 is 0 Å². The fraction of sp³-hybridized carbons (Fsp3) is 0.727. The average molecular weight is 178 g/mol. The van der Waals surface area contributed by atoms with Gasteiger partial charge in [0.05, 0.1) is 6.04 Å². The topological polar surface area (TPSA) is 15.6 Å². The molecule has 0 unspecified atom stereocenters. The molecule has 2 rings (SSSR count). The third-order valence-corrected chi connectivity index (χ3v) is 2.80. The molecule has 13 heavy (non-hydrogen) atoms. The first-order valence-corrected chi connectivity index (χ1v) is 5.09. The van der Waals surface area contributed by atoms with Gasteiger partial charge in [0.1, 0.15) is 0 Å². The lowest BCUT2D eigenvalue weighted by atomic mass is 9.90. The molecule has 0 bridgehead atoms. The molecule has 72 valence electrons. The minimum atomic E-state index is 0.168. The highest BCUT2D eigenvalue weighted by molar-refractivity contribution is 5.66. The van der Waals surface area contributed by atoms with Gasteiger partial charge in [0.2, 0.25) is 0 Å². The molecule has 0 aromatic carbocycles. The van der Waals surface area contributed by atoms with Crippen molar-refractivity contribution < 1.29 is 0 Å². The molecule has 0 saturated heterocycles. The predicted molar refractivity (Wildman–Crippen MR) is 55.7 cm³/mol. The maximum atomic E-state index is 4.51. The maximum absolute atomic E-state index is 4.51. The van der Waals surface area contributed by atoms with Gasteiger partial charge in [0.25, 0.3) is 0 Å². The van der Waals surface area contributed by atoms with Crippen molar-refractivity contribution in [2.24, 2.45) is 11.0 Å². The van der Waals surface area contributed by atoms with Crippen molar-refractivity contribution >= 4 is 6.21 Å². The van der Waals surface area contributed by atoms with Crippen LogP contribution in [-0.2, 0) is 0 Å². The summed E-state index contributed by atoms with van der Waals surface area (Å²) in [6, 6.07) is 0.616. The summed E-state index contributed by atoms with van der Waals surface area (Å²) in [5.41, 5.74) is 0.168.